The van der Waals surface area contributed by atoms with Crippen LogP contribution in [0.25, 0.3) is 0 Å². The number of rotatable bonds is 5. The second-order valence-electron chi connectivity index (χ2n) is 6.21. The largest absolute Gasteiger partial charge is 0.378 e. The molecule has 2 heterocycles. The third kappa shape index (κ3) is 4.77. The molecule has 0 bridgehead atoms. The summed E-state index contributed by atoms with van der Waals surface area (Å²) in [4.78, 5) is 14.3. The molecule has 2 saturated heterocycles. The van der Waals surface area contributed by atoms with E-state index < -0.39 is 0 Å². The third-order valence-corrected chi connectivity index (χ3v) is 4.56. The van der Waals surface area contributed by atoms with Crippen LogP contribution in [-0.4, -0.2) is 62.4 Å². The van der Waals surface area contributed by atoms with Gasteiger partial charge in [-0.1, -0.05) is 30.3 Å². The molecule has 1 atom stereocenters. The van der Waals surface area contributed by atoms with Crippen LogP contribution in [0.4, 0.5) is 0 Å². The third-order valence-electron chi connectivity index (χ3n) is 4.56. The Hall–Kier alpha value is -1.43. The number of amides is 1. The zero-order valence-electron chi connectivity index (χ0n) is 13.6. The van der Waals surface area contributed by atoms with Crippen LogP contribution in [0.2, 0.25) is 0 Å². The van der Waals surface area contributed by atoms with Crippen LogP contribution in [0.1, 0.15) is 18.4 Å². The molecule has 3 rings (SSSR count). The molecular formula is C18H26N2O3. The number of piperidine rings is 1. The van der Waals surface area contributed by atoms with Gasteiger partial charge in [0.2, 0.25) is 5.91 Å². The second kappa shape index (κ2) is 8.43. The molecule has 5 nitrogen and oxygen atoms in total. The Bertz CT molecular complexity index is 480. The van der Waals surface area contributed by atoms with Gasteiger partial charge in [0.1, 0.15) is 6.04 Å². The van der Waals surface area contributed by atoms with Gasteiger partial charge >= 0.3 is 0 Å². The highest BCUT2D eigenvalue weighted by molar-refractivity contribution is 5.82. The molecule has 1 amide bonds. The fourth-order valence-electron chi connectivity index (χ4n) is 3.18. The highest BCUT2D eigenvalue weighted by Crippen LogP contribution is 2.15. The van der Waals surface area contributed by atoms with Gasteiger partial charge in [-0.15, -0.1) is 0 Å². The van der Waals surface area contributed by atoms with Crippen molar-refractivity contribution in [3.05, 3.63) is 35.9 Å². The maximum atomic E-state index is 12.4. The number of morpholine rings is 1. The molecule has 0 spiro atoms. The summed E-state index contributed by atoms with van der Waals surface area (Å²) < 4.78 is 11.4. The number of carbonyl (C=O) groups excluding carboxylic acids is 1. The zero-order valence-corrected chi connectivity index (χ0v) is 13.6. The van der Waals surface area contributed by atoms with E-state index in [9.17, 15) is 4.79 Å². The maximum absolute atomic E-state index is 12.4. The Morgan fingerprint density at radius 2 is 2.04 bits per heavy atom. The SMILES string of the molecule is O=C(C1COCCN1)N1CCC(OCCc2ccccc2)CC1. The number of benzene rings is 1. The Balaban J connectivity index is 1.36. The number of likely N-dealkylation sites (tertiary alicyclic amines) is 1. The molecular weight excluding hydrogens is 292 g/mol. The zero-order chi connectivity index (χ0) is 15.9. The van der Waals surface area contributed by atoms with Crippen molar-refractivity contribution in [2.24, 2.45) is 0 Å². The number of ether oxygens (including phenoxy) is 2. The molecule has 0 aliphatic carbocycles. The topological polar surface area (TPSA) is 50.8 Å². The maximum Gasteiger partial charge on any atom is 0.242 e. The minimum atomic E-state index is -0.167. The van der Waals surface area contributed by atoms with Crippen LogP contribution in [0.3, 0.4) is 0 Å². The summed E-state index contributed by atoms with van der Waals surface area (Å²) in [7, 11) is 0. The van der Waals surface area contributed by atoms with Gasteiger partial charge in [0.05, 0.1) is 25.9 Å². The molecule has 2 fully saturated rings. The Kier molecular flexibility index (Phi) is 6.02. The van der Waals surface area contributed by atoms with Crippen molar-refractivity contribution in [3.8, 4) is 0 Å². The van der Waals surface area contributed by atoms with Crippen molar-refractivity contribution in [3.63, 3.8) is 0 Å². The highest BCUT2D eigenvalue weighted by atomic mass is 16.5. The lowest BCUT2D eigenvalue weighted by Gasteiger charge is -2.35. The van der Waals surface area contributed by atoms with E-state index in [4.69, 9.17) is 9.47 Å². The average Bonchev–Trinajstić information content (AvgIpc) is 2.63. The summed E-state index contributed by atoms with van der Waals surface area (Å²) >= 11 is 0. The Morgan fingerprint density at radius 3 is 2.74 bits per heavy atom. The van der Waals surface area contributed by atoms with Crippen molar-refractivity contribution in [1.82, 2.24) is 10.2 Å². The first-order valence-electron chi connectivity index (χ1n) is 8.58. The molecule has 1 unspecified atom stereocenters. The lowest BCUT2D eigenvalue weighted by atomic mass is 10.1. The van der Waals surface area contributed by atoms with Crippen LogP contribution in [0.15, 0.2) is 30.3 Å². The van der Waals surface area contributed by atoms with Crippen molar-refractivity contribution in [2.75, 3.05) is 39.5 Å². The van der Waals surface area contributed by atoms with E-state index in [0.29, 0.717) is 13.2 Å². The number of nitrogens with zero attached hydrogens (tertiary/aromatic N) is 1. The highest BCUT2D eigenvalue weighted by Gasteiger charge is 2.29. The van der Waals surface area contributed by atoms with Crippen molar-refractivity contribution in [2.45, 2.75) is 31.4 Å². The molecule has 1 aromatic rings. The first kappa shape index (κ1) is 16.4. The average molecular weight is 318 g/mol. The normalized spacial score (nSPS) is 23.0. The molecule has 126 valence electrons. The molecule has 5 heteroatoms. The fraction of sp³-hybridized carbons (Fsp3) is 0.611. The molecule has 0 saturated carbocycles. The van der Waals surface area contributed by atoms with E-state index in [-0.39, 0.29) is 18.1 Å². The van der Waals surface area contributed by atoms with Gasteiger partial charge in [-0.25, -0.2) is 0 Å². The van der Waals surface area contributed by atoms with E-state index in [2.05, 4.69) is 29.6 Å². The first-order chi connectivity index (χ1) is 11.3. The minimum absolute atomic E-state index is 0.167. The number of carbonyl (C=O) groups is 1. The summed E-state index contributed by atoms with van der Waals surface area (Å²) in [6, 6.07) is 10.2. The number of nitrogens with one attached hydrogen (secondary N) is 1. The van der Waals surface area contributed by atoms with Gasteiger partial charge in [0.25, 0.3) is 0 Å². The van der Waals surface area contributed by atoms with Crippen molar-refractivity contribution in [1.29, 1.82) is 0 Å². The predicted molar refractivity (Wildman–Crippen MR) is 88.3 cm³/mol. The van der Waals surface area contributed by atoms with Gasteiger partial charge in [0, 0.05) is 19.6 Å². The van der Waals surface area contributed by atoms with E-state index in [1.807, 2.05) is 11.0 Å². The fourth-order valence-corrected chi connectivity index (χ4v) is 3.18. The molecule has 2 aliphatic heterocycles. The summed E-state index contributed by atoms with van der Waals surface area (Å²) in [5, 5.41) is 3.23. The molecule has 0 radical (unpaired) electrons. The number of hydrogen-bond donors (Lipinski definition) is 1. The quantitative estimate of drug-likeness (QED) is 0.887. The van der Waals surface area contributed by atoms with Gasteiger partial charge in [-0.3, -0.25) is 4.79 Å². The van der Waals surface area contributed by atoms with E-state index in [1.54, 1.807) is 0 Å². The van der Waals surface area contributed by atoms with E-state index >= 15 is 0 Å². The lowest BCUT2D eigenvalue weighted by Crippen LogP contribution is -2.54. The predicted octanol–water partition coefficient (Wildman–Crippen LogP) is 1.23. The van der Waals surface area contributed by atoms with E-state index in [0.717, 1.165) is 45.5 Å². The molecule has 0 aromatic heterocycles. The summed E-state index contributed by atoms with van der Waals surface area (Å²) in [5.74, 6) is 0.174. The van der Waals surface area contributed by atoms with Crippen molar-refractivity contribution >= 4 is 5.91 Å². The van der Waals surface area contributed by atoms with Crippen LogP contribution in [0.5, 0.6) is 0 Å². The molecule has 1 aromatic carbocycles. The first-order valence-corrected chi connectivity index (χ1v) is 8.58. The van der Waals surface area contributed by atoms with Crippen LogP contribution < -0.4 is 5.32 Å². The second-order valence-corrected chi connectivity index (χ2v) is 6.21. The Labute approximate surface area is 137 Å². The summed E-state index contributed by atoms with van der Waals surface area (Å²) in [6.45, 7) is 4.27. The van der Waals surface area contributed by atoms with Gasteiger partial charge in [-0.2, -0.15) is 0 Å². The number of hydrogen-bond acceptors (Lipinski definition) is 4. The van der Waals surface area contributed by atoms with Crippen LogP contribution >= 0.6 is 0 Å². The molecule has 2 aliphatic rings. The summed E-state index contributed by atoms with van der Waals surface area (Å²) in [5.41, 5.74) is 1.31. The van der Waals surface area contributed by atoms with Crippen molar-refractivity contribution < 1.29 is 14.3 Å². The lowest BCUT2D eigenvalue weighted by molar-refractivity contribution is -0.139. The minimum Gasteiger partial charge on any atom is -0.378 e. The monoisotopic (exact) mass is 318 g/mol. The van der Waals surface area contributed by atoms with E-state index in [1.165, 1.54) is 5.56 Å². The van der Waals surface area contributed by atoms with Gasteiger partial charge < -0.3 is 19.7 Å². The molecule has 23 heavy (non-hydrogen) atoms. The standard InChI is InChI=1S/C18H26N2O3/c21-18(17-14-22-13-9-19-17)20-10-6-16(7-11-20)23-12-8-15-4-2-1-3-5-15/h1-5,16-17,19H,6-14H2. The van der Waals surface area contributed by atoms with Gasteiger partial charge in [-0.05, 0) is 24.8 Å². The Morgan fingerprint density at radius 1 is 1.26 bits per heavy atom. The molecule has 1 N–H and O–H groups in total. The smallest absolute Gasteiger partial charge is 0.242 e. The van der Waals surface area contributed by atoms with Crippen LogP contribution in [-0.2, 0) is 20.7 Å². The summed E-state index contributed by atoms with van der Waals surface area (Å²) in [6.07, 6.45) is 3.07. The van der Waals surface area contributed by atoms with Crippen LogP contribution in [0, 0.1) is 0 Å². The van der Waals surface area contributed by atoms with Gasteiger partial charge in [0.15, 0.2) is 0 Å².